The lowest BCUT2D eigenvalue weighted by Crippen LogP contribution is -2.30. The van der Waals surface area contributed by atoms with E-state index in [2.05, 4.69) is 17.2 Å². The number of benzene rings is 1. The second-order valence-corrected chi connectivity index (χ2v) is 8.12. The highest BCUT2D eigenvalue weighted by atomic mass is 16.2. The lowest BCUT2D eigenvalue weighted by molar-refractivity contribution is -0.125. The van der Waals surface area contributed by atoms with Crippen molar-refractivity contribution in [3.63, 3.8) is 0 Å². The van der Waals surface area contributed by atoms with Crippen LogP contribution in [-0.4, -0.2) is 66.4 Å². The van der Waals surface area contributed by atoms with Gasteiger partial charge in [-0.25, -0.2) is 0 Å². The van der Waals surface area contributed by atoms with E-state index in [-0.39, 0.29) is 24.3 Å². The number of carbonyl (C=O) groups excluding carboxylic acids is 2. The quantitative estimate of drug-likeness (QED) is 0.623. The molecule has 7 nitrogen and oxygen atoms in total. The second-order valence-electron chi connectivity index (χ2n) is 8.12. The SMILES string of the molecule is Cc1[nH]c2c(CC(N)=O)ccc(N[C@H]3CCN(C(=O)/C=C/CN(C)C)C3)c2c1C. The fourth-order valence-corrected chi connectivity index (χ4v) is 3.87. The predicted octanol–water partition coefficient (Wildman–Crippen LogP) is 1.94. The average Bonchev–Trinajstić information content (AvgIpc) is 3.22. The standard InChI is InChI=1S/C22H31N5O2/c1-14-15(2)24-22-16(12-19(23)28)7-8-18(21(14)22)25-17-9-11-27(13-17)20(29)6-5-10-26(3)4/h5-8,17,24-25H,9-13H2,1-4H3,(H2,23,28)/b6-5+/t17-/m0/s1. The summed E-state index contributed by atoms with van der Waals surface area (Å²) < 4.78 is 0. The lowest BCUT2D eigenvalue weighted by Gasteiger charge is -2.18. The maximum Gasteiger partial charge on any atom is 0.246 e. The largest absolute Gasteiger partial charge is 0.380 e. The van der Waals surface area contributed by atoms with E-state index in [4.69, 9.17) is 5.73 Å². The highest BCUT2D eigenvalue weighted by Gasteiger charge is 2.26. The summed E-state index contributed by atoms with van der Waals surface area (Å²) in [6.45, 7) is 6.29. The van der Waals surface area contributed by atoms with Crippen LogP contribution in [0.15, 0.2) is 24.3 Å². The Hall–Kier alpha value is -2.80. The van der Waals surface area contributed by atoms with Crippen molar-refractivity contribution in [2.24, 2.45) is 5.73 Å². The van der Waals surface area contributed by atoms with Gasteiger partial charge in [-0.05, 0) is 51.6 Å². The molecule has 4 N–H and O–H groups in total. The third-order valence-electron chi connectivity index (χ3n) is 5.50. The van der Waals surface area contributed by atoms with E-state index < -0.39 is 0 Å². The smallest absolute Gasteiger partial charge is 0.246 e. The molecular weight excluding hydrogens is 366 g/mol. The van der Waals surface area contributed by atoms with Crippen LogP contribution in [0.25, 0.3) is 10.9 Å². The molecule has 1 aliphatic rings. The molecule has 0 radical (unpaired) electrons. The van der Waals surface area contributed by atoms with Crippen molar-refractivity contribution in [2.45, 2.75) is 32.7 Å². The molecule has 0 bridgehead atoms. The van der Waals surface area contributed by atoms with E-state index in [1.807, 2.05) is 49.0 Å². The minimum Gasteiger partial charge on any atom is -0.380 e. The number of aromatic amines is 1. The van der Waals surface area contributed by atoms with Gasteiger partial charge < -0.3 is 25.8 Å². The second kappa shape index (κ2) is 8.69. The number of fused-ring (bicyclic) bond motifs is 1. The number of carbonyl (C=O) groups is 2. The van der Waals surface area contributed by atoms with Crippen molar-refractivity contribution in [1.82, 2.24) is 14.8 Å². The lowest BCUT2D eigenvalue weighted by atomic mass is 10.0. The van der Waals surface area contributed by atoms with Crippen LogP contribution < -0.4 is 11.1 Å². The molecule has 7 heteroatoms. The summed E-state index contributed by atoms with van der Waals surface area (Å²) in [5.41, 5.74) is 10.5. The van der Waals surface area contributed by atoms with Crippen LogP contribution in [0.1, 0.15) is 23.2 Å². The summed E-state index contributed by atoms with van der Waals surface area (Å²) in [4.78, 5) is 31.1. The van der Waals surface area contributed by atoms with Gasteiger partial charge >= 0.3 is 0 Å². The molecule has 0 saturated carbocycles. The first kappa shape index (κ1) is 20.9. The highest BCUT2D eigenvalue weighted by molar-refractivity contribution is 5.99. The van der Waals surface area contributed by atoms with E-state index in [1.54, 1.807) is 6.08 Å². The number of H-pyrrole nitrogens is 1. The maximum absolute atomic E-state index is 12.4. The van der Waals surface area contributed by atoms with Gasteiger partial charge in [0.15, 0.2) is 0 Å². The zero-order chi connectivity index (χ0) is 21.1. The Bertz CT molecular complexity index is 944. The summed E-state index contributed by atoms with van der Waals surface area (Å²) in [6.07, 6.45) is 4.68. The molecule has 2 amide bonds. The van der Waals surface area contributed by atoms with Crippen LogP contribution in [-0.2, 0) is 16.0 Å². The summed E-state index contributed by atoms with van der Waals surface area (Å²) in [5.74, 6) is -0.282. The van der Waals surface area contributed by atoms with Crippen LogP contribution in [0.5, 0.6) is 0 Å². The Morgan fingerprint density at radius 1 is 1.34 bits per heavy atom. The molecule has 156 valence electrons. The van der Waals surface area contributed by atoms with Gasteiger partial charge in [-0.1, -0.05) is 12.1 Å². The summed E-state index contributed by atoms with van der Waals surface area (Å²) in [5, 5.41) is 4.71. The Labute approximate surface area is 171 Å². The number of likely N-dealkylation sites (tertiary alicyclic amines) is 1. The Kier molecular flexibility index (Phi) is 6.27. The van der Waals surface area contributed by atoms with Crippen LogP contribution in [0.2, 0.25) is 0 Å². The van der Waals surface area contributed by atoms with Gasteiger partial charge in [-0.3, -0.25) is 9.59 Å². The van der Waals surface area contributed by atoms with Crippen molar-refractivity contribution >= 4 is 28.4 Å². The molecule has 2 aromatic rings. The van der Waals surface area contributed by atoms with Crippen LogP contribution in [0.4, 0.5) is 5.69 Å². The zero-order valence-corrected chi connectivity index (χ0v) is 17.7. The summed E-state index contributed by atoms with van der Waals surface area (Å²) >= 11 is 0. The Morgan fingerprint density at radius 2 is 2.10 bits per heavy atom. The topological polar surface area (TPSA) is 94.5 Å². The molecule has 0 spiro atoms. The highest BCUT2D eigenvalue weighted by Crippen LogP contribution is 2.32. The van der Waals surface area contributed by atoms with Gasteiger partial charge in [-0.2, -0.15) is 0 Å². The van der Waals surface area contributed by atoms with Gasteiger partial charge in [0.05, 0.1) is 11.9 Å². The van der Waals surface area contributed by atoms with E-state index in [9.17, 15) is 9.59 Å². The average molecular weight is 398 g/mol. The first-order valence-corrected chi connectivity index (χ1v) is 10.0. The van der Waals surface area contributed by atoms with Crippen LogP contribution in [0.3, 0.4) is 0 Å². The molecule has 1 aliphatic heterocycles. The van der Waals surface area contributed by atoms with E-state index in [1.165, 1.54) is 0 Å². The number of amides is 2. The van der Waals surface area contributed by atoms with Gasteiger partial charge in [0, 0.05) is 48.5 Å². The zero-order valence-electron chi connectivity index (χ0n) is 17.7. The monoisotopic (exact) mass is 397 g/mol. The number of nitrogens with zero attached hydrogens (tertiary/aromatic N) is 2. The number of primary amides is 1. The molecule has 0 aliphatic carbocycles. The van der Waals surface area contributed by atoms with Gasteiger partial charge in [-0.15, -0.1) is 0 Å². The molecule has 1 aromatic carbocycles. The number of nitrogens with one attached hydrogen (secondary N) is 2. The van der Waals surface area contributed by atoms with E-state index in [0.717, 1.165) is 52.9 Å². The minimum atomic E-state index is -0.343. The molecular formula is C22H31N5O2. The number of rotatable bonds is 7. The van der Waals surface area contributed by atoms with E-state index in [0.29, 0.717) is 6.54 Å². The number of hydrogen-bond acceptors (Lipinski definition) is 4. The van der Waals surface area contributed by atoms with Crippen molar-refractivity contribution in [3.05, 3.63) is 41.1 Å². The van der Waals surface area contributed by atoms with Crippen LogP contribution in [0, 0.1) is 13.8 Å². The number of likely N-dealkylation sites (N-methyl/N-ethyl adjacent to an activating group) is 1. The number of aryl methyl sites for hydroxylation is 2. The van der Waals surface area contributed by atoms with Crippen LogP contribution >= 0.6 is 0 Å². The normalized spacial score (nSPS) is 17.0. The number of nitrogens with two attached hydrogens (primary N) is 1. The molecule has 29 heavy (non-hydrogen) atoms. The van der Waals surface area contributed by atoms with E-state index >= 15 is 0 Å². The summed E-state index contributed by atoms with van der Waals surface area (Å²) in [6, 6.07) is 4.16. The Morgan fingerprint density at radius 3 is 2.79 bits per heavy atom. The van der Waals surface area contributed by atoms with Gasteiger partial charge in [0.2, 0.25) is 11.8 Å². The third kappa shape index (κ3) is 4.79. The van der Waals surface area contributed by atoms with Crippen molar-refractivity contribution < 1.29 is 9.59 Å². The van der Waals surface area contributed by atoms with Crippen molar-refractivity contribution in [3.8, 4) is 0 Å². The van der Waals surface area contributed by atoms with Gasteiger partial charge in [0.25, 0.3) is 0 Å². The Balaban J connectivity index is 1.75. The first-order valence-electron chi connectivity index (χ1n) is 10.0. The molecule has 1 atom stereocenters. The summed E-state index contributed by atoms with van der Waals surface area (Å²) in [7, 11) is 3.95. The third-order valence-corrected chi connectivity index (χ3v) is 5.50. The maximum atomic E-state index is 12.4. The number of anilines is 1. The number of hydrogen-bond donors (Lipinski definition) is 3. The molecule has 1 saturated heterocycles. The van der Waals surface area contributed by atoms with Crippen molar-refractivity contribution in [2.75, 3.05) is 39.0 Å². The molecule has 3 rings (SSSR count). The molecule has 1 fully saturated rings. The molecule has 0 unspecified atom stereocenters. The fourth-order valence-electron chi connectivity index (χ4n) is 3.87. The fraction of sp³-hybridized carbons (Fsp3) is 0.455. The van der Waals surface area contributed by atoms with Crippen molar-refractivity contribution in [1.29, 1.82) is 0 Å². The predicted molar refractivity (Wildman–Crippen MR) is 117 cm³/mol. The molecule has 2 heterocycles. The minimum absolute atomic E-state index is 0.0618. The molecule has 1 aromatic heterocycles. The number of aromatic nitrogens is 1. The van der Waals surface area contributed by atoms with Gasteiger partial charge in [0.1, 0.15) is 0 Å². The first-order chi connectivity index (χ1) is 13.8.